The minimum absolute atomic E-state index is 0.680. The van der Waals surface area contributed by atoms with E-state index in [9.17, 15) is 0 Å². The topological polar surface area (TPSA) is 37.0 Å². The first-order chi connectivity index (χ1) is 10.7. The Morgan fingerprint density at radius 2 is 2.00 bits per heavy atom. The predicted molar refractivity (Wildman–Crippen MR) is 94.8 cm³/mol. The van der Waals surface area contributed by atoms with Crippen LogP contribution in [0, 0.1) is 6.92 Å². The van der Waals surface area contributed by atoms with Crippen molar-refractivity contribution in [2.75, 3.05) is 18.9 Å². The van der Waals surface area contributed by atoms with Crippen LogP contribution in [0.4, 0.5) is 5.69 Å². The number of nitrogens with zero attached hydrogens (tertiary/aromatic N) is 1. The quantitative estimate of drug-likeness (QED) is 0.811. The molecule has 0 atom stereocenters. The number of aromatic nitrogens is 1. The molecule has 0 spiro atoms. The number of hydrogen-bond acceptors (Lipinski definition) is 3. The average molecular weight is 318 g/mol. The summed E-state index contributed by atoms with van der Waals surface area (Å²) in [6.07, 6.45) is 3.91. The molecule has 0 saturated carbocycles. The van der Waals surface area contributed by atoms with Gasteiger partial charge < -0.3 is 10.6 Å². The van der Waals surface area contributed by atoms with Crippen LogP contribution < -0.4 is 10.6 Å². The molecule has 0 amide bonds. The van der Waals surface area contributed by atoms with Crippen molar-refractivity contribution in [2.45, 2.75) is 33.2 Å². The van der Waals surface area contributed by atoms with Gasteiger partial charge in [-0.15, -0.1) is 0 Å². The number of aryl methyl sites for hydroxylation is 2. The molecule has 118 valence electrons. The summed E-state index contributed by atoms with van der Waals surface area (Å²) in [5, 5.41) is 7.42. The second-order valence-electron chi connectivity index (χ2n) is 5.44. The Labute approximate surface area is 138 Å². The fourth-order valence-electron chi connectivity index (χ4n) is 2.43. The van der Waals surface area contributed by atoms with E-state index in [4.69, 9.17) is 11.6 Å². The van der Waals surface area contributed by atoms with Crippen molar-refractivity contribution in [1.82, 2.24) is 10.3 Å². The lowest BCUT2D eigenvalue weighted by molar-refractivity contribution is 0.788. The molecule has 0 saturated heterocycles. The molecular weight excluding hydrogens is 294 g/mol. The molecular formula is C18H24ClN3. The summed E-state index contributed by atoms with van der Waals surface area (Å²) in [6, 6.07) is 8.23. The number of likely N-dealkylation sites (N-methyl/N-ethyl adjacent to an activating group) is 1. The Morgan fingerprint density at radius 1 is 1.18 bits per heavy atom. The number of hydrogen-bond donors (Lipinski definition) is 2. The van der Waals surface area contributed by atoms with Gasteiger partial charge in [-0.2, -0.15) is 0 Å². The van der Waals surface area contributed by atoms with Gasteiger partial charge in [0.2, 0.25) is 0 Å². The van der Waals surface area contributed by atoms with Crippen molar-refractivity contribution >= 4 is 17.3 Å². The number of nitrogens with one attached hydrogen (secondary N) is 2. The first-order valence-electron chi connectivity index (χ1n) is 7.76. The normalized spacial score (nSPS) is 10.7. The van der Waals surface area contributed by atoms with E-state index in [1.54, 1.807) is 0 Å². The van der Waals surface area contributed by atoms with Gasteiger partial charge in [0.15, 0.2) is 0 Å². The summed E-state index contributed by atoms with van der Waals surface area (Å²) in [6.45, 7) is 5.87. The molecule has 0 aliphatic heterocycles. The first kappa shape index (κ1) is 16.8. The van der Waals surface area contributed by atoms with Gasteiger partial charge in [0, 0.05) is 6.20 Å². The SMILES string of the molecule is CCc1ccc(CNc2c(Cl)ccc(C)c2CCNC)nc1. The standard InChI is InChI=1S/C18H24ClN3/c1-4-14-6-7-15(21-11-14)12-22-18-16(9-10-20-3)13(2)5-8-17(18)19/h5-8,11,20,22H,4,9-10,12H2,1-3H3. The summed E-state index contributed by atoms with van der Waals surface area (Å²) in [4.78, 5) is 4.49. The third-order valence-corrected chi connectivity index (χ3v) is 4.18. The van der Waals surface area contributed by atoms with E-state index in [0.29, 0.717) is 6.54 Å². The molecule has 2 aromatic rings. The van der Waals surface area contributed by atoms with Crippen LogP contribution in [-0.2, 0) is 19.4 Å². The molecule has 0 aliphatic carbocycles. The Balaban J connectivity index is 2.15. The molecule has 0 fully saturated rings. The maximum atomic E-state index is 6.39. The Morgan fingerprint density at radius 3 is 2.64 bits per heavy atom. The zero-order valence-corrected chi connectivity index (χ0v) is 14.3. The largest absolute Gasteiger partial charge is 0.378 e. The van der Waals surface area contributed by atoms with Crippen molar-refractivity contribution in [2.24, 2.45) is 0 Å². The number of halogens is 1. The molecule has 1 aromatic heterocycles. The van der Waals surface area contributed by atoms with Gasteiger partial charge in [0.25, 0.3) is 0 Å². The Bertz CT molecular complexity index is 608. The molecule has 22 heavy (non-hydrogen) atoms. The van der Waals surface area contributed by atoms with Crippen LogP contribution in [0.5, 0.6) is 0 Å². The Hall–Kier alpha value is -1.58. The van der Waals surface area contributed by atoms with E-state index < -0.39 is 0 Å². The molecule has 0 radical (unpaired) electrons. The summed E-state index contributed by atoms with van der Waals surface area (Å²) in [5.41, 5.74) is 5.84. The minimum Gasteiger partial charge on any atom is -0.378 e. The van der Waals surface area contributed by atoms with Crippen molar-refractivity contribution in [3.05, 3.63) is 57.9 Å². The highest BCUT2D eigenvalue weighted by Gasteiger charge is 2.10. The monoisotopic (exact) mass is 317 g/mol. The highest BCUT2D eigenvalue weighted by atomic mass is 35.5. The predicted octanol–water partition coefficient (Wildman–Crippen LogP) is 3.98. The van der Waals surface area contributed by atoms with Gasteiger partial charge in [-0.1, -0.05) is 30.7 Å². The van der Waals surface area contributed by atoms with Crippen LogP contribution in [0.25, 0.3) is 0 Å². The third kappa shape index (κ3) is 4.21. The highest BCUT2D eigenvalue weighted by Crippen LogP contribution is 2.29. The number of benzene rings is 1. The number of anilines is 1. The van der Waals surface area contributed by atoms with Crippen LogP contribution in [0.15, 0.2) is 30.5 Å². The summed E-state index contributed by atoms with van der Waals surface area (Å²) >= 11 is 6.39. The maximum Gasteiger partial charge on any atom is 0.0640 e. The molecule has 1 heterocycles. The second kappa shape index (κ2) is 8.16. The van der Waals surface area contributed by atoms with Gasteiger partial charge in [0.05, 0.1) is 22.9 Å². The van der Waals surface area contributed by atoms with Gasteiger partial charge in [0.1, 0.15) is 0 Å². The summed E-state index contributed by atoms with van der Waals surface area (Å²) < 4.78 is 0. The van der Waals surface area contributed by atoms with Crippen LogP contribution >= 0.6 is 11.6 Å². The highest BCUT2D eigenvalue weighted by molar-refractivity contribution is 6.33. The summed E-state index contributed by atoms with van der Waals surface area (Å²) in [7, 11) is 1.96. The summed E-state index contributed by atoms with van der Waals surface area (Å²) in [5.74, 6) is 0. The van der Waals surface area contributed by atoms with E-state index in [0.717, 1.165) is 35.8 Å². The van der Waals surface area contributed by atoms with Crippen LogP contribution in [0.3, 0.4) is 0 Å². The van der Waals surface area contributed by atoms with Crippen LogP contribution in [0.2, 0.25) is 5.02 Å². The second-order valence-corrected chi connectivity index (χ2v) is 5.84. The first-order valence-corrected chi connectivity index (χ1v) is 8.13. The number of pyridine rings is 1. The average Bonchev–Trinajstić information content (AvgIpc) is 2.55. The maximum absolute atomic E-state index is 6.39. The fourth-order valence-corrected chi connectivity index (χ4v) is 2.68. The van der Waals surface area contributed by atoms with E-state index >= 15 is 0 Å². The lowest BCUT2D eigenvalue weighted by Gasteiger charge is -2.16. The molecule has 0 unspecified atom stereocenters. The van der Waals surface area contributed by atoms with Crippen molar-refractivity contribution in [3.63, 3.8) is 0 Å². The minimum atomic E-state index is 0.680. The van der Waals surface area contributed by atoms with Crippen molar-refractivity contribution in [3.8, 4) is 0 Å². The molecule has 3 nitrogen and oxygen atoms in total. The molecule has 2 N–H and O–H groups in total. The molecule has 1 aromatic carbocycles. The Kier molecular flexibility index (Phi) is 6.22. The van der Waals surface area contributed by atoms with E-state index in [2.05, 4.69) is 47.7 Å². The van der Waals surface area contributed by atoms with Gasteiger partial charge >= 0.3 is 0 Å². The molecule has 0 bridgehead atoms. The van der Waals surface area contributed by atoms with Gasteiger partial charge in [-0.25, -0.2) is 0 Å². The van der Waals surface area contributed by atoms with Crippen molar-refractivity contribution < 1.29 is 0 Å². The molecule has 0 aliphatic rings. The third-order valence-electron chi connectivity index (χ3n) is 3.86. The van der Waals surface area contributed by atoms with Crippen molar-refractivity contribution in [1.29, 1.82) is 0 Å². The smallest absolute Gasteiger partial charge is 0.0640 e. The lowest BCUT2D eigenvalue weighted by Crippen LogP contribution is -2.13. The van der Waals surface area contributed by atoms with Crippen LogP contribution in [0.1, 0.15) is 29.3 Å². The zero-order chi connectivity index (χ0) is 15.9. The van der Waals surface area contributed by atoms with E-state index in [-0.39, 0.29) is 0 Å². The van der Waals surface area contributed by atoms with Gasteiger partial charge in [-0.05, 0) is 62.2 Å². The van der Waals surface area contributed by atoms with E-state index in [1.807, 2.05) is 19.3 Å². The van der Waals surface area contributed by atoms with Crippen LogP contribution in [-0.4, -0.2) is 18.6 Å². The molecule has 2 rings (SSSR count). The number of rotatable bonds is 7. The van der Waals surface area contributed by atoms with E-state index in [1.165, 1.54) is 16.7 Å². The lowest BCUT2D eigenvalue weighted by atomic mass is 10.0. The molecule has 4 heteroatoms. The zero-order valence-electron chi connectivity index (χ0n) is 13.5. The fraction of sp³-hybridized carbons (Fsp3) is 0.389. The van der Waals surface area contributed by atoms with Gasteiger partial charge in [-0.3, -0.25) is 4.98 Å².